The number of fused-ring (bicyclic) bond motifs is 1. The van der Waals surface area contributed by atoms with E-state index in [-0.39, 0.29) is 0 Å². The van der Waals surface area contributed by atoms with Crippen LogP contribution in [0.5, 0.6) is 0 Å². The van der Waals surface area contributed by atoms with Gasteiger partial charge in [0.2, 0.25) is 0 Å². The van der Waals surface area contributed by atoms with Gasteiger partial charge in [-0.3, -0.25) is 9.58 Å². The Labute approximate surface area is 119 Å². The fourth-order valence-corrected chi connectivity index (χ4v) is 3.45. The molecule has 0 saturated carbocycles. The molecule has 2 aromatic heterocycles. The summed E-state index contributed by atoms with van der Waals surface area (Å²) in [7, 11) is 0. The van der Waals surface area contributed by atoms with Crippen molar-refractivity contribution in [2.75, 3.05) is 13.1 Å². The maximum Gasteiger partial charge on any atom is 0.109 e. The van der Waals surface area contributed by atoms with Crippen LogP contribution in [0.4, 0.5) is 0 Å². The van der Waals surface area contributed by atoms with E-state index in [1.54, 1.807) is 0 Å². The molecule has 0 aliphatic carbocycles. The molecular weight excluding hydrogens is 250 g/mol. The van der Waals surface area contributed by atoms with E-state index in [0.717, 1.165) is 32.6 Å². The minimum Gasteiger partial charge on any atom is -0.335 e. The van der Waals surface area contributed by atoms with Gasteiger partial charge in [-0.15, -0.1) is 0 Å². The zero-order chi connectivity index (χ0) is 13.4. The molecule has 5 heteroatoms. The third kappa shape index (κ3) is 2.26. The fraction of sp³-hybridized carbons (Fsp3) is 0.600. The van der Waals surface area contributed by atoms with Crippen molar-refractivity contribution < 1.29 is 0 Å². The molecule has 5 nitrogen and oxygen atoms in total. The third-order valence-electron chi connectivity index (χ3n) is 4.49. The van der Waals surface area contributed by atoms with E-state index in [0.29, 0.717) is 6.04 Å². The number of rotatable bonds is 3. The quantitative estimate of drug-likeness (QED) is 0.855. The van der Waals surface area contributed by atoms with Gasteiger partial charge in [0, 0.05) is 51.2 Å². The zero-order valence-corrected chi connectivity index (χ0v) is 11.8. The summed E-state index contributed by atoms with van der Waals surface area (Å²) >= 11 is 0. The van der Waals surface area contributed by atoms with E-state index in [9.17, 15) is 0 Å². The first kappa shape index (κ1) is 12.1. The van der Waals surface area contributed by atoms with E-state index in [2.05, 4.69) is 31.6 Å². The standard InChI is InChI=1S/C15H21N5/c1-2-7-19-11-13(17-15(19)4-1)10-18-9-5-14(12-18)20-8-3-6-16-20/h3,6,8,11,14H,1-2,4-5,7,9-10,12H2. The Morgan fingerprint density at radius 3 is 3.10 bits per heavy atom. The Hall–Kier alpha value is -1.62. The maximum absolute atomic E-state index is 4.80. The number of imidazole rings is 1. The van der Waals surface area contributed by atoms with E-state index < -0.39 is 0 Å². The topological polar surface area (TPSA) is 38.9 Å². The van der Waals surface area contributed by atoms with Gasteiger partial charge >= 0.3 is 0 Å². The molecule has 4 heterocycles. The molecule has 0 N–H and O–H groups in total. The third-order valence-corrected chi connectivity index (χ3v) is 4.49. The molecule has 1 unspecified atom stereocenters. The normalized spacial score (nSPS) is 23.1. The van der Waals surface area contributed by atoms with Crippen LogP contribution in [0.1, 0.15) is 36.8 Å². The number of aromatic nitrogens is 4. The summed E-state index contributed by atoms with van der Waals surface area (Å²) < 4.78 is 4.44. The van der Waals surface area contributed by atoms with Crippen molar-refractivity contribution in [2.45, 2.75) is 44.8 Å². The second-order valence-corrected chi connectivity index (χ2v) is 5.96. The maximum atomic E-state index is 4.80. The molecular formula is C15H21N5. The molecule has 0 radical (unpaired) electrons. The Morgan fingerprint density at radius 2 is 2.25 bits per heavy atom. The largest absolute Gasteiger partial charge is 0.335 e. The first-order valence-corrected chi connectivity index (χ1v) is 7.65. The molecule has 1 fully saturated rings. The molecule has 0 amide bonds. The second-order valence-electron chi connectivity index (χ2n) is 5.96. The Bertz CT molecular complexity index is 548. The van der Waals surface area contributed by atoms with Crippen LogP contribution in [0.2, 0.25) is 0 Å². The number of hydrogen-bond donors (Lipinski definition) is 0. The second kappa shape index (κ2) is 5.05. The fourth-order valence-electron chi connectivity index (χ4n) is 3.45. The molecule has 20 heavy (non-hydrogen) atoms. The average molecular weight is 271 g/mol. The number of likely N-dealkylation sites (tertiary alicyclic amines) is 1. The highest BCUT2D eigenvalue weighted by atomic mass is 15.3. The SMILES string of the molecule is c1cnn(C2CCN(Cc3cn4c(n3)CCCC4)C2)c1. The first-order chi connectivity index (χ1) is 9.88. The highest BCUT2D eigenvalue weighted by Gasteiger charge is 2.25. The van der Waals surface area contributed by atoms with Crippen LogP contribution >= 0.6 is 0 Å². The molecule has 0 spiro atoms. The summed E-state index contributed by atoms with van der Waals surface area (Å²) in [6.45, 7) is 4.37. The van der Waals surface area contributed by atoms with Gasteiger partial charge in [-0.2, -0.15) is 5.10 Å². The van der Waals surface area contributed by atoms with Crippen molar-refractivity contribution in [1.29, 1.82) is 0 Å². The summed E-state index contributed by atoms with van der Waals surface area (Å²) in [5, 5.41) is 4.36. The van der Waals surface area contributed by atoms with E-state index in [4.69, 9.17) is 4.98 Å². The van der Waals surface area contributed by atoms with Gasteiger partial charge < -0.3 is 4.57 Å². The lowest BCUT2D eigenvalue weighted by molar-refractivity contribution is 0.308. The van der Waals surface area contributed by atoms with E-state index >= 15 is 0 Å². The van der Waals surface area contributed by atoms with Crippen LogP contribution < -0.4 is 0 Å². The molecule has 2 aliphatic heterocycles. The molecule has 1 atom stereocenters. The smallest absolute Gasteiger partial charge is 0.109 e. The summed E-state index contributed by atoms with van der Waals surface area (Å²) in [5.74, 6) is 1.29. The Kier molecular flexibility index (Phi) is 3.07. The molecule has 1 saturated heterocycles. The van der Waals surface area contributed by atoms with Crippen molar-refractivity contribution in [3.8, 4) is 0 Å². The predicted octanol–water partition coefficient (Wildman–Crippen LogP) is 1.86. The van der Waals surface area contributed by atoms with Crippen LogP contribution in [-0.4, -0.2) is 37.3 Å². The summed E-state index contributed by atoms with van der Waals surface area (Å²) in [6, 6.07) is 2.54. The minimum absolute atomic E-state index is 0.530. The summed E-state index contributed by atoms with van der Waals surface area (Å²) in [5.41, 5.74) is 1.24. The number of hydrogen-bond acceptors (Lipinski definition) is 3. The van der Waals surface area contributed by atoms with Gasteiger partial charge in [0.25, 0.3) is 0 Å². The molecule has 0 bridgehead atoms. The lowest BCUT2D eigenvalue weighted by atomic mass is 10.2. The zero-order valence-electron chi connectivity index (χ0n) is 11.8. The monoisotopic (exact) mass is 271 g/mol. The lowest BCUT2D eigenvalue weighted by Crippen LogP contribution is -2.21. The van der Waals surface area contributed by atoms with Crippen molar-refractivity contribution in [3.05, 3.63) is 36.2 Å². The van der Waals surface area contributed by atoms with Gasteiger partial charge in [0.15, 0.2) is 0 Å². The van der Waals surface area contributed by atoms with Gasteiger partial charge in [0.05, 0.1) is 11.7 Å². The van der Waals surface area contributed by atoms with Crippen molar-refractivity contribution in [2.24, 2.45) is 0 Å². The van der Waals surface area contributed by atoms with Crippen LogP contribution in [0.3, 0.4) is 0 Å². The van der Waals surface area contributed by atoms with Crippen LogP contribution in [-0.2, 0) is 19.5 Å². The Balaban J connectivity index is 1.41. The van der Waals surface area contributed by atoms with Gasteiger partial charge in [0.1, 0.15) is 5.82 Å². The van der Waals surface area contributed by atoms with Crippen LogP contribution in [0.25, 0.3) is 0 Å². The average Bonchev–Trinajstić information content (AvgIpc) is 3.18. The van der Waals surface area contributed by atoms with Crippen molar-refractivity contribution in [3.63, 3.8) is 0 Å². The van der Waals surface area contributed by atoms with Crippen molar-refractivity contribution >= 4 is 0 Å². The molecule has 2 aromatic rings. The Morgan fingerprint density at radius 1 is 1.25 bits per heavy atom. The van der Waals surface area contributed by atoms with E-state index in [1.807, 2.05) is 12.3 Å². The van der Waals surface area contributed by atoms with E-state index in [1.165, 1.54) is 30.8 Å². The first-order valence-electron chi connectivity index (χ1n) is 7.65. The highest BCUT2D eigenvalue weighted by molar-refractivity contribution is 5.06. The molecule has 0 aromatic carbocycles. The lowest BCUT2D eigenvalue weighted by Gasteiger charge is -2.14. The minimum atomic E-state index is 0.530. The van der Waals surface area contributed by atoms with Crippen LogP contribution in [0, 0.1) is 0 Å². The summed E-state index contributed by atoms with van der Waals surface area (Å²) in [6.07, 6.45) is 11.1. The molecule has 4 rings (SSSR count). The van der Waals surface area contributed by atoms with Gasteiger partial charge in [-0.1, -0.05) is 0 Å². The number of nitrogens with zero attached hydrogens (tertiary/aromatic N) is 5. The highest BCUT2D eigenvalue weighted by Crippen LogP contribution is 2.23. The van der Waals surface area contributed by atoms with Crippen molar-refractivity contribution in [1.82, 2.24) is 24.2 Å². The number of aryl methyl sites for hydroxylation is 2. The van der Waals surface area contributed by atoms with Crippen LogP contribution in [0.15, 0.2) is 24.7 Å². The van der Waals surface area contributed by atoms with Gasteiger partial charge in [-0.25, -0.2) is 4.98 Å². The molecule has 106 valence electrons. The van der Waals surface area contributed by atoms with Gasteiger partial charge in [-0.05, 0) is 25.3 Å². The predicted molar refractivity (Wildman–Crippen MR) is 76.3 cm³/mol. The summed E-state index contributed by atoms with van der Waals surface area (Å²) in [4.78, 5) is 7.30. The molecule has 2 aliphatic rings.